The van der Waals surface area contributed by atoms with Crippen LogP contribution in [0, 0.1) is 0 Å². The van der Waals surface area contributed by atoms with Crippen LogP contribution in [0.5, 0.6) is 0 Å². The van der Waals surface area contributed by atoms with E-state index < -0.39 is 43.9 Å². The molecule has 0 spiro atoms. The molecule has 3 rings (SSSR count). The summed E-state index contributed by atoms with van der Waals surface area (Å²) in [6, 6.07) is 22.3. The highest BCUT2D eigenvalue weighted by Gasteiger charge is 2.68. The van der Waals surface area contributed by atoms with Crippen LogP contribution in [0.2, 0.25) is 0 Å². The summed E-state index contributed by atoms with van der Waals surface area (Å²) in [7, 11) is -10.0. The Labute approximate surface area is 205 Å². The van der Waals surface area contributed by atoms with E-state index >= 15 is 8.78 Å². The molecule has 0 radical (unpaired) electrons. The van der Waals surface area contributed by atoms with Crippen LogP contribution in [0.3, 0.4) is 0 Å². The first kappa shape index (κ1) is 27.4. The van der Waals surface area contributed by atoms with Crippen molar-refractivity contribution in [2.24, 2.45) is 0 Å². The minimum absolute atomic E-state index is 0.119. The first-order chi connectivity index (χ1) is 16.9. The number of hydrogen-bond acceptors (Lipinski definition) is 5. The molecule has 36 heavy (non-hydrogen) atoms. The predicted molar refractivity (Wildman–Crippen MR) is 123 cm³/mol. The van der Waals surface area contributed by atoms with Gasteiger partial charge >= 0.3 is 27.5 Å². The molecule has 12 heteroatoms. The maximum absolute atomic E-state index is 15.2. The number of hydrogen-bond donors (Lipinski definition) is 0. The molecule has 0 bridgehead atoms. The van der Waals surface area contributed by atoms with Crippen molar-refractivity contribution in [1.82, 2.24) is 0 Å². The monoisotopic (exact) mass is 546 g/mol. The van der Waals surface area contributed by atoms with Gasteiger partial charge in [-0.2, -0.15) is 30.4 Å². The molecule has 3 aromatic carbocycles. The number of benzene rings is 3. The molecule has 0 N–H and O–H groups in total. The molecule has 5 nitrogen and oxygen atoms in total. The summed E-state index contributed by atoms with van der Waals surface area (Å²) in [5.74, 6) is -1.89. The fraction of sp³-hybridized carbons (Fsp3) is 0.125. The van der Waals surface area contributed by atoms with Crippen molar-refractivity contribution in [3.63, 3.8) is 0 Å². The lowest BCUT2D eigenvalue weighted by molar-refractivity contribution is -0.256. The van der Waals surface area contributed by atoms with E-state index in [-0.39, 0.29) is 20.8 Å². The van der Waals surface area contributed by atoms with E-state index in [0.717, 1.165) is 0 Å². The lowest BCUT2D eigenvalue weighted by Gasteiger charge is -2.40. The molecule has 0 aliphatic carbocycles. The van der Waals surface area contributed by atoms with Gasteiger partial charge in [-0.25, -0.2) is 8.42 Å². The summed E-state index contributed by atoms with van der Waals surface area (Å²) in [5, 5.41) is -5.72. The van der Waals surface area contributed by atoms with Crippen LogP contribution in [-0.2, 0) is 23.3 Å². The minimum atomic E-state index is -6.43. The smallest absolute Gasteiger partial charge is 0.432 e. The van der Waals surface area contributed by atoms with Gasteiger partial charge in [0.1, 0.15) is 0 Å². The minimum Gasteiger partial charge on any atom is -0.442 e. The van der Waals surface area contributed by atoms with E-state index in [2.05, 4.69) is 11.3 Å². The molecule has 0 aliphatic heterocycles. The Morgan fingerprint density at radius 2 is 1.11 bits per heavy atom. The second-order valence-corrected chi connectivity index (χ2v) is 11.7. The van der Waals surface area contributed by atoms with Gasteiger partial charge in [0.05, 0.1) is 0 Å². The third-order valence-corrected chi connectivity index (χ3v) is 9.98. The Morgan fingerprint density at radius 3 is 1.42 bits per heavy atom. The molecule has 0 aliphatic rings. The predicted octanol–water partition coefficient (Wildman–Crippen LogP) is 6.48. The van der Waals surface area contributed by atoms with Crippen molar-refractivity contribution >= 4 is 26.4 Å². The molecule has 192 valence electrons. The maximum Gasteiger partial charge on any atom is 0.432 e. The Balaban J connectivity index is 2.29. The fourth-order valence-electron chi connectivity index (χ4n) is 3.16. The van der Waals surface area contributed by atoms with E-state index in [1.807, 2.05) is 0 Å². The highest BCUT2D eigenvalue weighted by molar-refractivity contribution is 8.33. The SMILES string of the molecule is C=CC(=O)OC(C(F)(F)F)C(F)(F)S(=O)(=O)OS(c1ccccc1)(c1ccccc1)c1ccccc1. The molecule has 1 unspecified atom stereocenters. The number of alkyl halides is 5. The van der Waals surface area contributed by atoms with Crippen molar-refractivity contribution < 1.29 is 43.5 Å². The van der Waals surface area contributed by atoms with Gasteiger partial charge in [0.2, 0.25) is 0 Å². The van der Waals surface area contributed by atoms with E-state index in [4.69, 9.17) is 3.63 Å². The quantitative estimate of drug-likeness (QED) is 0.175. The van der Waals surface area contributed by atoms with E-state index in [9.17, 15) is 26.4 Å². The average Bonchev–Trinajstić information content (AvgIpc) is 2.86. The van der Waals surface area contributed by atoms with Gasteiger partial charge in [-0.3, -0.25) is 0 Å². The summed E-state index contributed by atoms with van der Waals surface area (Å²) >= 11 is 0. The number of halogens is 5. The standard InChI is InChI=1S/C24H19F5O5S2/c1-2-21(30)33-22(23(25,26)27)24(28,29)36(31,32)34-35(18-12-6-3-7-13-18,19-14-8-4-9-15-19)20-16-10-5-11-17-20/h2-17,22H,1H2. The fourth-order valence-corrected chi connectivity index (χ4v) is 8.43. The third kappa shape index (κ3) is 5.30. The van der Waals surface area contributed by atoms with Crippen LogP contribution >= 0.6 is 10.3 Å². The Bertz CT molecular complexity index is 1200. The number of esters is 1. The molecule has 0 aromatic heterocycles. The molecule has 1 atom stereocenters. The second kappa shape index (κ2) is 10.4. The van der Waals surface area contributed by atoms with Gasteiger partial charge < -0.3 is 4.74 Å². The number of rotatable bonds is 9. The molecule has 0 amide bonds. The second-order valence-electron chi connectivity index (χ2n) is 7.14. The van der Waals surface area contributed by atoms with Gasteiger partial charge in [-0.05, 0) is 46.7 Å². The van der Waals surface area contributed by atoms with Crippen molar-refractivity contribution in [3.05, 3.63) is 104 Å². The van der Waals surface area contributed by atoms with Crippen molar-refractivity contribution in [3.8, 4) is 0 Å². The van der Waals surface area contributed by atoms with Gasteiger partial charge in [-0.1, -0.05) is 61.2 Å². The van der Waals surface area contributed by atoms with Crippen LogP contribution in [0.25, 0.3) is 0 Å². The average molecular weight is 547 g/mol. The van der Waals surface area contributed by atoms with Gasteiger partial charge in [0.15, 0.2) is 0 Å². The summed E-state index contributed by atoms with van der Waals surface area (Å²) in [4.78, 5) is 11.7. The van der Waals surface area contributed by atoms with Gasteiger partial charge in [0.25, 0.3) is 6.10 Å². The summed E-state index contributed by atoms with van der Waals surface area (Å²) in [6.45, 7) is 2.86. The van der Waals surface area contributed by atoms with Gasteiger partial charge in [-0.15, -0.1) is 0 Å². The van der Waals surface area contributed by atoms with Crippen LogP contribution in [0.15, 0.2) is 118 Å². The summed E-state index contributed by atoms with van der Waals surface area (Å²) < 4.78 is 106. The first-order valence-electron chi connectivity index (χ1n) is 10.1. The molecule has 0 fully saturated rings. The molecule has 0 heterocycles. The van der Waals surface area contributed by atoms with Crippen LogP contribution in [0.4, 0.5) is 22.0 Å². The lowest BCUT2D eigenvalue weighted by atomic mass is 10.3. The zero-order valence-electron chi connectivity index (χ0n) is 18.3. The van der Waals surface area contributed by atoms with E-state index in [1.54, 1.807) is 18.2 Å². The highest BCUT2D eigenvalue weighted by Crippen LogP contribution is 2.70. The normalized spacial score (nSPS) is 14.0. The Kier molecular flexibility index (Phi) is 7.91. The number of carbonyl (C=O) groups excluding carboxylic acids is 1. The van der Waals surface area contributed by atoms with Crippen molar-refractivity contribution in [2.75, 3.05) is 0 Å². The van der Waals surface area contributed by atoms with Gasteiger partial charge in [0, 0.05) is 20.8 Å². The summed E-state index contributed by atoms with van der Waals surface area (Å²) in [5.41, 5.74) is 0. The highest BCUT2D eigenvalue weighted by atomic mass is 32.3. The zero-order valence-corrected chi connectivity index (χ0v) is 19.9. The van der Waals surface area contributed by atoms with Crippen molar-refractivity contribution in [1.29, 1.82) is 0 Å². The molecular weight excluding hydrogens is 527 g/mol. The molecule has 0 saturated heterocycles. The summed E-state index contributed by atoms with van der Waals surface area (Å²) in [6.07, 6.45) is -10.1. The largest absolute Gasteiger partial charge is 0.442 e. The van der Waals surface area contributed by atoms with Crippen LogP contribution < -0.4 is 0 Å². The molecular formula is C24H19F5O5S2. The maximum atomic E-state index is 15.2. The molecule has 0 saturated carbocycles. The third-order valence-electron chi connectivity index (χ3n) is 4.75. The zero-order chi connectivity index (χ0) is 26.6. The molecule has 3 aromatic rings. The topological polar surface area (TPSA) is 69.7 Å². The number of ether oxygens (including phenoxy) is 1. The van der Waals surface area contributed by atoms with E-state index in [0.29, 0.717) is 0 Å². The van der Waals surface area contributed by atoms with Crippen molar-refractivity contribution in [2.45, 2.75) is 32.2 Å². The number of carbonyl (C=O) groups is 1. The van der Waals surface area contributed by atoms with E-state index in [1.165, 1.54) is 72.8 Å². The van der Waals surface area contributed by atoms with Crippen LogP contribution in [0.1, 0.15) is 0 Å². The first-order valence-corrected chi connectivity index (χ1v) is 13.0. The lowest BCUT2D eigenvalue weighted by Crippen LogP contribution is -2.52. The van der Waals surface area contributed by atoms with Crippen LogP contribution in [-0.4, -0.2) is 31.9 Å². The Hall–Kier alpha value is -3.22. The Morgan fingerprint density at radius 1 is 0.750 bits per heavy atom.